The first-order chi connectivity index (χ1) is 7.13. The molecule has 1 atom stereocenters. The van der Waals surface area contributed by atoms with Gasteiger partial charge in [0.25, 0.3) is 0 Å². The molecule has 15 heavy (non-hydrogen) atoms. The van der Waals surface area contributed by atoms with Gasteiger partial charge in [0.1, 0.15) is 0 Å². The van der Waals surface area contributed by atoms with Crippen LogP contribution in [-0.4, -0.2) is 27.9 Å². The van der Waals surface area contributed by atoms with E-state index in [1.807, 2.05) is 20.1 Å². The van der Waals surface area contributed by atoms with E-state index in [0.717, 1.165) is 11.4 Å². The van der Waals surface area contributed by atoms with E-state index < -0.39 is 0 Å². The van der Waals surface area contributed by atoms with Gasteiger partial charge in [0, 0.05) is 23.6 Å². The summed E-state index contributed by atoms with van der Waals surface area (Å²) in [5.41, 5.74) is 0.845. The average molecular weight is 225 g/mol. The van der Waals surface area contributed by atoms with Gasteiger partial charge in [0.15, 0.2) is 0 Å². The van der Waals surface area contributed by atoms with Crippen LogP contribution in [0.4, 0.5) is 5.95 Å². The van der Waals surface area contributed by atoms with Crippen LogP contribution >= 0.6 is 11.8 Å². The number of aryl methyl sites for hydroxylation is 1. The molecule has 82 valence electrons. The maximum atomic E-state index is 11.6. The molecule has 1 rings (SSSR count). The molecule has 1 aromatic rings. The van der Waals surface area contributed by atoms with Crippen molar-refractivity contribution in [3.8, 4) is 0 Å². The highest BCUT2D eigenvalue weighted by atomic mass is 32.2. The minimum Gasteiger partial charge on any atom is -0.294 e. The summed E-state index contributed by atoms with van der Waals surface area (Å²) in [6.07, 6.45) is 3.62. The monoisotopic (exact) mass is 225 g/mol. The third-order valence-electron chi connectivity index (χ3n) is 1.89. The molecule has 0 radical (unpaired) electrons. The van der Waals surface area contributed by atoms with E-state index in [1.165, 1.54) is 0 Å². The van der Waals surface area contributed by atoms with E-state index in [4.69, 9.17) is 0 Å². The lowest BCUT2D eigenvalue weighted by Gasteiger charge is -2.09. The first kappa shape index (κ1) is 12.0. The highest BCUT2D eigenvalue weighted by Gasteiger charge is 2.13. The summed E-state index contributed by atoms with van der Waals surface area (Å²) in [6, 6.07) is 1.79. The summed E-state index contributed by atoms with van der Waals surface area (Å²) >= 11 is 1.65. The zero-order valence-corrected chi connectivity index (χ0v) is 9.97. The Morgan fingerprint density at radius 2 is 2.40 bits per heavy atom. The van der Waals surface area contributed by atoms with Gasteiger partial charge in [-0.1, -0.05) is 6.92 Å². The molecule has 1 N–H and O–H groups in total. The van der Waals surface area contributed by atoms with Crippen molar-refractivity contribution >= 4 is 23.6 Å². The SMILES string of the molecule is CSCC(C)C(=O)Nc1nccc(C)n1. The number of carbonyl (C=O) groups is 1. The van der Waals surface area contributed by atoms with Gasteiger partial charge in [-0.05, 0) is 19.2 Å². The molecule has 1 aromatic heterocycles. The van der Waals surface area contributed by atoms with Crippen LogP contribution in [0.1, 0.15) is 12.6 Å². The second kappa shape index (κ2) is 5.70. The van der Waals surface area contributed by atoms with Gasteiger partial charge in [0.05, 0.1) is 0 Å². The number of anilines is 1. The molecule has 0 aliphatic carbocycles. The topological polar surface area (TPSA) is 54.9 Å². The number of nitrogens with one attached hydrogen (secondary N) is 1. The van der Waals surface area contributed by atoms with Crippen LogP contribution in [0.15, 0.2) is 12.3 Å². The first-order valence-corrected chi connectivity index (χ1v) is 6.12. The number of nitrogens with zero attached hydrogens (tertiary/aromatic N) is 2. The molecule has 0 aliphatic rings. The predicted molar refractivity (Wildman–Crippen MR) is 62.9 cm³/mol. The second-order valence-electron chi connectivity index (χ2n) is 3.37. The second-order valence-corrected chi connectivity index (χ2v) is 4.28. The highest BCUT2D eigenvalue weighted by Crippen LogP contribution is 2.07. The first-order valence-electron chi connectivity index (χ1n) is 4.73. The quantitative estimate of drug-likeness (QED) is 0.847. The summed E-state index contributed by atoms with van der Waals surface area (Å²) in [5, 5.41) is 2.69. The van der Waals surface area contributed by atoms with Gasteiger partial charge in [-0.2, -0.15) is 11.8 Å². The summed E-state index contributed by atoms with van der Waals surface area (Å²) in [6.45, 7) is 3.75. The van der Waals surface area contributed by atoms with Gasteiger partial charge in [-0.3, -0.25) is 10.1 Å². The van der Waals surface area contributed by atoms with Crippen LogP contribution in [0.3, 0.4) is 0 Å². The molecule has 0 spiro atoms. The molecule has 0 aromatic carbocycles. The Morgan fingerprint density at radius 3 is 3.00 bits per heavy atom. The van der Waals surface area contributed by atoms with Gasteiger partial charge in [0.2, 0.25) is 11.9 Å². The Kier molecular flexibility index (Phi) is 4.55. The largest absolute Gasteiger partial charge is 0.294 e. The molecule has 4 nitrogen and oxygen atoms in total. The number of amides is 1. The van der Waals surface area contributed by atoms with Crippen molar-refractivity contribution in [2.45, 2.75) is 13.8 Å². The fourth-order valence-electron chi connectivity index (χ4n) is 1.07. The summed E-state index contributed by atoms with van der Waals surface area (Å²) in [5.74, 6) is 1.13. The van der Waals surface area contributed by atoms with E-state index in [2.05, 4.69) is 15.3 Å². The lowest BCUT2D eigenvalue weighted by Crippen LogP contribution is -2.23. The smallest absolute Gasteiger partial charge is 0.230 e. The maximum absolute atomic E-state index is 11.6. The van der Waals surface area contributed by atoms with Crippen molar-refractivity contribution < 1.29 is 4.79 Å². The normalized spacial score (nSPS) is 12.2. The number of hydrogen-bond donors (Lipinski definition) is 1. The minimum atomic E-state index is -0.0325. The maximum Gasteiger partial charge on any atom is 0.230 e. The number of hydrogen-bond acceptors (Lipinski definition) is 4. The zero-order chi connectivity index (χ0) is 11.3. The third-order valence-corrected chi connectivity index (χ3v) is 2.73. The van der Waals surface area contributed by atoms with E-state index in [9.17, 15) is 4.79 Å². The molecule has 0 saturated heterocycles. The fraction of sp³-hybridized carbons (Fsp3) is 0.500. The third kappa shape index (κ3) is 3.87. The van der Waals surface area contributed by atoms with Crippen molar-refractivity contribution in [1.82, 2.24) is 9.97 Å². The van der Waals surface area contributed by atoms with Crippen LogP contribution in [-0.2, 0) is 4.79 Å². The Bertz CT molecular complexity index is 343. The van der Waals surface area contributed by atoms with Crippen LogP contribution in [0, 0.1) is 12.8 Å². The van der Waals surface area contributed by atoms with Crippen molar-refractivity contribution in [1.29, 1.82) is 0 Å². The van der Waals surface area contributed by atoms with Crippen LogP contribution < -0.4 is 5.32 Å². The standard InChI is InChI=1S/C10H15N3OS/c1-7(6-15-3)9(14)13-10-11-5-4-8(2)12-10/h4-5,7H,6H2,1-3H3,(H,11,12,13,14). The number of rotatable bonds is 4. The number of carbonyl (C=O) groups excluding carboxylic acids is 1. The molecule has 1 heterocycles. The minimum absolute atomic E-state index is 0.0240. The van der Waals surface area contributed by atoms with Crippen LogP contribution in [0.25, 0.3) is 0 Å². The molecule has 0 saturated carbocycles. The fourth-order valence-corrected chi connectivity index (χ4v) is 1.72. The van der Waals surface area contributed by atoms with Crippen LogP contribution in [0.2, 0.25) is 0 Å². The molecule has 0 bridgehead atoms. The zero-order valence-electron chi connectivity index (χ0n) is 9.15. The lowest BCUT2D eigenvalue weighted by molar-refractivity contribution is -0.118. The molecular weight excluding hydrogens is 210 g/mol. The van der Waals surface area contributed by atoms with Crippen molar-refractivity contribution in [3.63, 3.8) is 0 Å². The van der Waals surface area contributed by atoms with Crippen molar-refractivity contribution in [2.24, 2.45) is 5.92 Å². The van der Waals surface area contributed by atoms with Gasteiger partial charge in [-0.25, -0.2) is 9.97 Å². The van der Waals surface area contributed by atoms with E-state index in [1.54, 1.807) is 24.0 Å². The molecule has 1 amide bonds. The average Bonchev–Trinajstić information content (AvgIpc) is 2.18. The Balaban J connectivity index is 2.58. The summed E-state index contributed by atoms with van der Waals surface area (Å²) < 4.78 is 0. The summed E-state index contributed by atoms with van der Waals surface area (Å²) in [4.78, 5) is 19.7. The molecule has 5 heteroatoms. The van der Waals surface area contributed by atoms with Gasteiger partial charge < -0.3 is 0 Å². The van der Waals surface area contributed by atoms with E-state index in [0.29, 0.717) is 5.95 Å². The molecule has 0 fully saturated rings. The van der Waals surface area contributed by atoms with E-state index in [-0.39, 0.29) is 11.8 Å². The number of aromatic nitrogens is 2. The van der Waals surface area contributed by atoms with Gasteiger partial charge in [-0.15, -0.1) is 0 Å². The molecule has 1 unspecified atom stereocenters. The Morgan fingerprint density at radius 1 is 1.67 bits per heavy atom. The molecule has 0 aliphatic heterocycles. The number of thioether (sulfide) groups is 1. The Hall–Kier alpha value is -1.10. The van der Waals surface area contributed by atoms with Crippen LogP contribution in [0.5, 0.6) is 0 Å². The van der Waals surface area contributed by atoms with Gasteiger partial charge >= 0.3 is 0 Å². The lowest BCUT2D eigenvalue weighted by atomic mass is 10.2. The Labute approximate surface area is 93.9 Å². The van der Waals surface area contributed by atoms with Crippen molar-refractivity contribution in [3.05, 3.63) is 18.0 Å². The highest BCUT2D eigenvalue weighted by molar-refractivity contribution is 7.98. The summed E-state index contributed by atoms with van der Waals surface area (Å²) in [7, 11) is 0. The predicted octanol–water partition coefficient (Wildman–Crippen LogP) is 1.72. The molecular formula is C10H15N3OS. The van der Waals surface area contributed by atoms with Crippen molar-refractivity contribution in [2.75, 3.05) is 17.3 Å². The van der Waals surface area contributed by atoms with E-state index >= 15 is 0 Å².